The smallest absolute Gasteiger partial charge is 0.294 e. The van der Waals surface area contributed by atoms with Crippen molar-refractivity contribution >= 4 is 21.7 Å². The van der Waals surface area contributed by atoms with E-state index in [1.807, 2.05) is 25.1 Å². The molecule has 0 spiro atoms. The number of hydrogen-bond donors (Lipinski definition) is 1. The predicted molar refractivity (Wildman–Crippen MR) is 122 cm³/mol. The molecule has 1 aliphatic heterocycles. The summed E-state index contributed by atoms with van der Waals surface area (Å²) in [6.07, 6.45) is 5.15. The standard InChI is InChI=1S/C24H27NO6S/c1-2-17-16-20(8-11-22(17)30-14-3-15-32(27,28)29)25-13-12-23(24(25)26)31-21-9-6-19(7-10-21)18-4-5-18/h6-12,16,18H,2-5,13-15H2,1H3,(H,27,28,29). The van der Waals surface area contributed by atoms with Crippen molar-refractivity contribution < 1.29 is 27.2 Å². The molecule has 0 bridgehead atoms. The summed E-state index contributed by atoms with van der Waals surface area (Å²) < 4.78 is 42.0. The second-order valence-corrected chi connectivity index (χ2v) is 9.64. The largest absolute Gasteiger partial charge is 0.493 e. The van der Waals surface area contributed by atoms with Crippen LogP contribution in [-0.4, -0.2) is 37.8 Å². The third-order valence-corrected chi connectivity index (χ3v) is 6.42. The highest BCUT2D eigenvalue weighted by Crippen LogP contribution is 2.40. The van der Waals surface area contributed by atoms with Gasteiger partial charge in [0.2, 0.25) is 0 Å². The molecule has 1 heterocycles. The number of nitrogens with zero attached hydrogens (tertiary/aromatic N) is 1. The average Bonchev–Trinajstić information content (AvgIpc) is 3.56. The van der Waals surface area contributed by atoms with Crippen molar-refractivity contribution in [1.29, 1.82) is 0 Å². The molecule has 1 N–H and O–H groups in total. The minimum atomic E-state index is -3.99. The van der Waals surface area contributed by atoms with Crippen molar-refractivity contribution in [3.63, 3.8) is 0 Å². The molecule has 0 atom stereocenters. The Hall–Kier alpha value is -2.84. The molecule has 1 fully saturated rings. The molecule has 32 heavy (non-hydrogen) atoms. The highest BCUT2D eigenvalue weighted by Gasteiger charge is 2.28. The Balaban J connectivity index is 1.37. The van der Waals surface area contributed by atoms with Gasteiger partial charge in [0.05, 0.1) is 12.4 Å². The maximum absolute atomic E-state index is 12.9. The maximum atomic E-state index is 12.9. The summed E-state index contributed by atoms with van der Waals surface area (Å²) in [6, 6.07) is 13.4. The molecule has 170 valence electrons. The van der Waals surface area contributed by atoms with Crippen LogP contribution in [0.15, 0.2) is 54.3 Å². The molecule has 1 amide bonds. The number of carbonyl (C=O) groups excluding carboxylic acids is 1. The van der Waals surface area contributed by atoms with Gasteiger partial charge in [-0.05, 0) is 79.1 Å². The van der Waals surface area contributed by atoms with E-state index < -0.39 is 10.1 Å². The van der Waals surface area contributed by atoms with Gasteiger partial charge in [-0.2, -0.15) is 8.42 Å². The van der Waals surface area contributed by atoms with E-state index in [-0.39, 0.29) is 24.7 Å². The summed E-state index contributed by atoms with van der Waals surface area (Å²) in [5.74, 6) is 1.74. The molecule has 0 aromatic heterocycles. The summed E-state index contributed by atoms with van der Waals surface area (Å²) >= 11 is 0. The third-order valence-electron chi connectivity index (χ3n) is 5.61. The van der Waals surface area contributed by atoms with Gasteiger partial charge in [0, 0.05) is 12.2 Å². The van der Waals surface area contributed by atoms with Crippen LogP contribution in [0, 0.1) is 0 Å². The minimum Gasteiger partial charge on any atom is -0.493 e. The van der Waals surface area contributed by atoms with E-state index in [2.05, 4.69) is 12.1 Å². The Kier molecular flexibility index (Phi) is 6.53. The lowest BCUT2D eigenvalue weighted by Crippen LogP contribution is -2.27. The first-order valence-electron chi connectivity index (χ1n) is 10.8. The quantitative estimate of drug-likeness (QED) is 0.427. The normalized spacial score (nSPS) is 16.2. The second kappa shape index (κ2) is 9.34. The fourth-order valence-electron chi connectivity index (χ4n) is 3.71. The van der Waals surface area contributed by atoms with Crippen LogP contribution in [0.2, 0.25) is 0 Å². The minimum absolute atomic E-state index is 0.174. The highest BCUT2D eigenvalue weighted by atomic mass is 32.2. The first-order valence-corrected chi connectivity index (χ1v) is 12.5. The molecule has 2 aromatic rings. The van der Waals surface area contributed by atoms with Crippen molar-refractivity contribution in [2.75, 3.05) is 23.8 Å². The summed E-state index contributed by atoms with van der Waals surface area (Å²) in [5.41, 5.74) is 2.97. The zero-order chi connectivity index (χ0) is 22.7. The van der Waals surface area contributed by atoms with Crippen molar-refractivity contribution in [1.82, 2.24) is 0 Å². The van der Waals surface area contributed by atoms with Gasteiger partial charge in [-0.15, -0.1) is 0 Å². The van der Waals surface area contributed by atoms with Crippen molar-refractivity contribution in [3.05, 3.63) is 65.4 Å². The van der Waals surface area contributed by atoms with Gasteiger partial charge < -0.3 is 14.4 Å². The molecular formula is C24H27NO6S. The van der Waals surface area contributed by atoms with Crippen molar-refractivity contribution in [2.45, 2.75) is 38.5 Å². The molecule has 7 nitrogen and oxygen atoms in total. The fourth-order valence-corrected chi connectivity index (χ4v) is 4.19. The number of anilines is 1. The fraction of sp³-hybridized carbons (Fsp3) is 0.375. The molecular weight excluding hydrogens is 430 g/mol. The van der Waals surface area contributed by atoms with Gasteiger partial charge in [0.25, 0.3) is 16.0 Å². The summed E-state index contributed by atoms with van der Waals surface area (Å²) in [4.78, 5) is 14.6. The van der Waals surface area contributed by atoms with E-state index in [1.54, 1.807) is 23.1 Å². The zero-order valence-corrected chi connectivity index (χ0v) is 18.8. The van der Waals surface area contributed by atoms with E-state index in [0.717, 1.165) is 11.3 Å². The van der Waals surface area contributed by atoms with Crippen molar-refractivity contribution in [3.8, 4) is 11.5 Å². The van der Waals surface area contributed by atoms with Crippen LogP contribution in [0.4, 0.5) is 5.69 Å². The molecule has 4 rings (SSSR count). The number of carbonyl (C=O) groups is 1. The Labute approximate surface area is 188 Å². The van der Waals surface area contributed by atoms with Gasteiger partial charge in [-0.25, -0.2) is 0 Å². The van der Waals surface area contributed by atoms with Crippen LogP contribution in [0.3, 0.4) is 0 Å². The molecule has 1 aliphatic carbocycles. The molecule has 2 aromatic carbocycles. The third kappa shape index (κ3) is 5.49. The van der Waals surface area contributed by atoms with E-state index in [0.29, 0.717) is 36.1 Å². The van der Waals surface area contributed by atoms with Crippen LogP contribution in [0.5, 0.6) is 11.5 Å². The van der Waals surface area contributed by atoms with Crippen LogP contribution in [-0.2, 0) is 21.3 Å². The average molecular weight is 458 g/mol. The summed E-state index contributed by atoms with van der Waals surface area (Å²) in [7, 11) is -3.99. The molecule has 2 aliphatic rings. The van der Waals surface area contributed by atoms with Crippen LogP contribution < -0.4 is 14.4 Å². The molecule has 0 unspecified atom stereocenters. The van der Waals surface area contributed by atoms with Gasteiger partial charge in [-0.1, -0.05) is 19.1 Å². The first kappa shape index (κ1) is 22.4. The van der Waals surface area contributed by atoms with E-state index in [9.17, 15) is 13.2 Å². The molecule has 0 radical (unpaired) electrons. The lowest BCUT2D eigenvalue weighted by atomic mass is 10.1. The maximum Gasteiger partial charge on any atom is 0.294 e. The lowest BCUT2D eigenvalue weighted by Gasteiger charge is -2.19. The zero-order valence-electron chi connectivity index (χ0n) is 18.0. The van der Waals surface area contributed by atoms with Crippen LogP contribution in [0.1, 0.15) is 43.2 Å². The van der Waals surface area contributed by atoms with Gasteiger partial charge in [0.15, 0.2) is 5.76 Å². The number of ether oxygens (including phenoxy) is 2. The molecule has 1 saturated carbocycles. The number of aryl methyl sites for hydroxylation is 1. The number of rotatable bonds is 10. The Morgan fingerprint density at radius 3 is 2.53 bits per heavy atom. The van der Waals surface area contributed by atoms with Crippen LogP contribution >= 0.6 is 0 Å². The topological polar surface area (TPSA) is 93.1 Å². The SMILES string of the molecule is CCc1cc(N2CC=C(Oc3ccc(C4CC4)cc3)C2=O)ccc1OCCCS(=O)(=O)O. The summed E-state index contributed by atoms with van der Waals surface area (Å²) in [6.45, 7) is 2.58. The Bertz CT molecular complexity index is 1120. The number of benzene rings is 2. The van der Waals surface area contributed by atoms with Crippen LogP contribution in [0.25, 0.3) is 0 Å². The van der Waals surface area contributed by atoms with E-state index in [1.165, 1.54) is 18.4 Å². The lowest BCUT2D eigenvalue weighted by molar-refractivity contribution is -0.116. The monoisotopic (exact) mass is 457 g/mol. The number of amides is 1. The second-order valence-electron chi connectivity index (χ2n) is 8.06. The Morgan fingerprint density at radius 2 is 1.88 bits per heavy atom. The Morgan fingerprint density at radius 1 is 1.12 bits per heavy atom. The van der Waals surface area contributed by atoms with Gasteiger partial charge in [-0.3, -0.25) is 9.35 Å². The van der Waals surface area contributed by atoms with Gasteiger partial charge in [0.1, 0.15) is 11.5 Å². The summed E-state index contributed by atoms with van der Waals surface area (Å²) in [5, 5.41) is 0. The predicted octanol–water partition coefficient (Wildman–Crippen LogP) is 4.09. The van der Waals surface area contributed by atoms with E-state index in [4.69, 9.17) is 14.0 Å². The first-order chi connectivity index (χ1) is 15.3. The van der Waals surface area contributed by atoms with Gasteiger partial charge >= 0.3 is 0 Å². The highest BCUT2D eigenvalue weighted by molar-refractivity contribution is 7.85. The van der Waals surface area contributed by atoms with Crippen molar-refractivity contribution in [2.24, 2.45) is 0 Å². The number of hydrogen-bond acceptors (Lipinski definition) is 5. The molecule has 0 saturated heterocycles. The molecule has 8 heteroatoms. The van der Waals surface area contributed by atoms with E-state index >= 15 is 0 Å².